The molecule has 0 atom stereocenters. The molecular formula is C16H16N4O6. The third kappa shape index (κ3) is 4.44. The van der Waals surface area contributed by atoms with Crippen LogP contribution in [0.15, 0.2) is 36.4 Å². The number of methoxy groups -OCH3 is 1. The summed E-state index contributed by atoms with van der Waals surface area (Å²) in [6.07, 6.45) is 0. The second kappa shape index (κ2) is 7.92. The van der Waals surface area contributed by atoms with Crippen LogP contribution in [0, 0.1) is 27.2 Å². The highest BCUT2D eigenvalue weighted by Gasteiger charge is 2.18. The number of benzene rings is 2. The Morgan fingerprint density at radius 2 is 1.88 bits per heavy atom. The number of amides is 1. The van der Waals surface area contributed by atoms with Gasteiger partial charge in [0.1, 0.15) is 0 Å². The van der Waals surface area contributed by atoms with Crippen LogP contribution < -0.4 is 15.4 Å². The molecule has 0 aromatic heterocycles. The number of hydrogen-bond donors (Lipinski definition) is 2. The van der Waals surface area contributed by atoms with E-state index in [0.29, 0.717) is 16.9 Å². The van der Waals surface area contributed by atoms with E-state index < -0.39 is 15.8 Å². The number of rotatable bonds is 7. The number of hydrogen-bond acceptors (Lipinski definition) is 7. The summed E-state index contributed by atoms with van der Waals surface area (Å²) in [7, 11) is 1.30. The first-order valence-corrected chi connectivity index (χ1v) is 7.43. The quantitative estimate of drug-likeness (QED) is 0.572. The summed E-state index contributed by atoms with van der Waals surface area (Å²) in [5.74, 6) is -0.391. The molecule has 0 aliphatic carbocycles. The Hall–Kier alpha value is -3.69. The van der Waals surface area contributed by atoms with Crippen LogP contribution in [0.5, 0.6) is 5.75 Å². The summed E-state index contributed by atoms with van der Waals surface area (Å²) >= 11 is 0. The van der Waals surface area contributed by atoms with Gasteiger partial charge in [0.05, 0.1) is 23.5 Å². The minimum Gasteiger partial charge on any atom is -0.490 e. The van der Waals surface area contributed by atoms with Gasteiger partial charge in [-0.1, -0.05) is 6.07 Å². The van der Waals surface area contributed by atoms with Crippen molar-refractivity contribution in [1.29, 1.82) is 0 Å². The molecule has 0 saturated carbocycles. The van der Waals surface area contributed by atoms with E-state index in [1.54, 1.807) is 13.0 Å². The fourth-order valence-corrected chi connectivity index (χ4v) is 2.22. The monoisotopic (exact) mass is 360 g/mol. The first-order chi connectivity index (χ1) is 12.3. The Labute approximate surface area is 148 Å². The summed E-state index contributed by atoms with van der Waals surface area (Å²) in [5.41, 5.74) is 1.01. The van der Waals surface area contributed by atoms with Crippen LogP contribution in [0.2, 0.25) is 0 Å². The van der Waals surface area contributed by atoms with Crippen LogP contribution in [0.25, 0.3) is 0 Å². The second-order valence-electron chi connectivity index (χ2n) is 5.31. The first kappa shape index (κ1) is 18.6. The summed E-state index contributed by atoms with van der Waals surface area (Å²) < 4.78 is 4.98. The highest BCUT2D eigenvalue weighted by atomic mass is 16.6. The van der Waals surface area contributed by atoms with Crippen molar-refractivity contribution >= 4 is 28.7 Å². The van der Waals surface area contributed by atoms with Gasteiger partial charge in [-0.15, -0.1) is 0 Å². The molecule has 0 aliphatic heterocycles. The molecule has 0 bridgehead atoms. The fraction of sp³-hybridized carbons (Fsp3) is 0.188. The van der Waals surface area contributed by atoms with Gasteiger partial charge in [-0.2, -0.15) is 0 Å². The van der Waals surface area contributed by atoms with Crippen molar-refractivity contribution in [3.8, 4) is 5.75 Å². The van der Waals surface area contributed by atoms with Crippen LogP contribution in [0.1, 0.15) is 5.56 Å². The van der Waals surface area contributed by atoms with Gasteiger partial charge >= 0.3 is 5.69 Å². The maximum absolute atomic E-state index is 12.1. The average molecular weight is 360 g/mol. The largest absolute Gasteiger partial charge is 0.490 e. The molecule has 0 heterocycles. The zero-order valence-corrected chi connectivity index (χ0v) is 14.0. The number of carbonyl (C=O) groups is 1. The van der Waals surface area contributed by atoms with Gasteiger partial charge in [-0.3, -0.25) is 25.0 Å². The molecule has 0 saturated heterocycles. The van der Waals surface area contributed by atoms with Gasteiger partial charge in [0.2, 0.25) is 5.91 Å². The van der Waals surface area contributed by atoms with E-state index in [-0.39, 0.29) is 23.7 Å². The van der Waals surface area contributed by atoms with E-state index in [1.165, 1.54) is 37.4 Å². The Bertz CT molecular complexity index is 868. The molecule has 136 valence electrons. The predicted molar refractivity (Wildman–Crippen MR) is 94.6 cm³/mol. The Morgan fingerprint density at radius 1 is 1.15 bits per heavy atom. The molecule has 2 N–H and O–H groups in total. The van der Waals surface area contributed by atoms with Crippen molar-refractivity contribution in [1.82, 2.24) is 0 Å². The van der Waals surface area contributed by atoms with Gasteiger partial charge < -0.3 is 15.4 Å². The average Bonchev–Trinajstić information content (AvgIpc) is 2.61. The van der Waals surface area contributed by atoms with E-state index in [9.17, 15) is 25.0 Å². The molecule has 10 nitrogen and oxygen atoms in total. The lowest BCUT2D eigenvalue weighted by Crippen LogP contribution is -2.22. The van der Waals surface area contributed by atoms with Gasteiger partial charge in [0, 0.05) is 35.6 Å². The zero-order valence-electron chi connectivity index (χ0n) is 14.0. The van der Waals surface area contributed by atoms with Crippen LogP contribution in [0.4, 0.5) is 22.7 Å². The normalized spacial score (nSPS) is 10.1. The Morgan fingerprint density at radius 3 is 2.50 bits per heavy atom. The summed E-state index contributed by atoms with van der Waals surface area (Å²) in [6, 6.07) is 8.44. The standard InChI is InChI=1S/C16H16N4O6/c1-10-6-14(20(24)25)15(26-2)8-13(10)18-16(21)9-17-11-4-3-5-12(7-11)19(22)23/h3-8,17H,9H2,1-2H3,(H,18,21). The maximum atomic E-state index is 12.1. The number of anilines is 2. The van der Waals surface area contributed by atoms with Gasteiger partial charge in [-0.25, -0.2) is 0 Å². The predicted octanol–water partition coefficient (Wildman–Crippen LogP) is 2.87. The molecule has 2 aromatic rings. The number of nitrogens with zero attached hydrogens (tertiary/aromatic N) is 2. The molecule has 2 rings (SSSR count). The minimum absolute atomic E-state index is 0.0301. The molecule has 1 amide bonds. The first-order valence-electron chi connectivity index (χ1n) is 7.43. The van der Waals surface area contributed by atoms with Crippen LogP contribution in [-0.2, 0) is 4.79 Å². The number of nitro benzene ring substituents is 2. The molecule has 0 fully saturated rings. The van der Waals surface area contributed by atoms with Gasteiger partial charge in [-0.05, 0) is 18.6 Å². The maximum Gasteiger partial charge on any atom is 0.311 e. The molecule has 0 radical (unpaired) electrons. The van der Waals surface area contributed by atoms with Crippen molar-refractivity contribution in [2.45, 2.75) is 6.92 Å². The van der Waals surface area contributed by atoms with Gasteiger partial charge in [0.15, 0.2) is 5.75 Å². The topological polar surface area (TPSA) is 137 Å². The van der Waals surface area contributed by atoms with Crippen LogP contribution in [-0.4, -0.2) is 29.4 Å². The van der Waals surface area contributed by atoms with Crippen molar-refractivity contribution in [2.24, 2.45) is 0 Å². The summed E-state index contributed by atoms with van der Waals surface area (Å²) in [5, 5.41) is 27.1. The SMILES string of the molecule is COc1cc(NC(=O)CNc2cccc([N+](=O)[O-])c2)c(C)cc1[N+](=O)[O-]. The van der Waals surface area contributed by atoms with E-state index in [2.05, 4.69) is 10.6 Å². The van der Waals surface area contributed by atoms with Crippen molar-refractivity contribution < 1.29 is 19.4 Å². The summed E-state index contributed by atoms with van der Waals surface area (Å²) in [4.78, 5) is 32.7. The molecule has 10 heteroatoms. The molecular weight excluding hydrogens is 344 g/mol. The number of ether oxygens (including phenoxy) is 1. The van der Waals surface area contributed by atoms with Crippen molar-refractivity contribution in [3.63, 3.8) is 0 Å². The van der Waals surface area contributed by atoms with Crippen LogP contribution in [0.3, 0.4) is 0 Å². The highest BCUT2D eigenvalue weighted by molar-refractivity contribution is 5.95. The third-order valence-corrected chi connectivity index (χ3v) is 3.51. The lowest BCUT2D eigenvalue weighted by molar-refractivity contribution is -0.385. The fourth-order valence-electron chi connectivity index (χ4n) is 2.22. The number of carbonyl (C=O) groups excluding carboxylic acids is 1. The minimum atomic E-state index is -0.568. The van der Waals surface area contributed by atoms with E-state index >= 15 is 0 Å². The van der Waals surface area contributed by atoms with Gasteiger partial charge in [0.25, 0.3) is 5.69 Å². The molecule has 2 aromatic carbocycles. The lowest BCUT2D eigenvalue weighted by Gasteiger charge is -2.11. The molecule has 0 spiro atoms. The van der Waals surface area contributed by atoms with E-state index in [0.717, 1.165) is 0 Å². The smallest absolute Gasteiger partial charge is 0.311 e. The Kier molecular flexibility index (Phi) is 5.68. The second-order valence-corrected chi connectivity index (χ2v) is 5.31. The molecule has 26 heavy (non-hydrogen) atoms. The number of aryl methyl sites for hydroxylation is 1. The van der Waals surface area contributed by atoms with Crippen molar-refractivity contribution in [3.05, 3.63) is 62.2 Å². The molecule has 0 unspecified atom stereocenters. The van der Waals surface area contributed by atoms with E-state index in [1.807, 2.05) is 0 Å². The van der Waals surface area contributed by atoms with E-state index in [4.69, 9.17) is 4.74 Å². The molecule has 0 aliphatic rings. The number of nitrogens with one attached hydrogen (secondary N) is 2. The zero-order chi connectivity index (χ0) is 19.3. The number of non-ortho nitro benzene ring substituents is 1. The lowest BCUT2D eigenvalue weighted by atomic mass is 10.1. The number of nitro groups is 2. The van der Waals surface area contributed by atoms with Crippen molar-refractivity contribution in [2.75, 3.05) is 24.3 Å². The van der Waals surface area contributed by atoms with Crippen LogP contribution >= 0.6 is 0 Å². The highest BCUT2D eigenvalue weighted by Crippen LogP contribution is 2.32. The summed E-state index contributed by atoms with van der Waals surface area (Å²) in [6.45, 7) is 1.48. The Balaban J connectivity index is 2.07. The third-order valence-electron chi connectivity index (χ3n) is 3.51.